The van der Waals surface area contributed by atoms with E-state index in [9.17, 15) is 0 Å². The Morgan fingerprint density at radius 3 is 2.73 bits per heavy atom. The Kier molecular flexibility index (Phi) is 1.51. The van der Waals surface area contributed by atoms with E-state index >= 15 is 0 Å². The Morgan fingerprint density at radius 1 is 1.36 bits per heavy atom. The van der Waals surface area contributed by atoms with Gasteiger partial charge in [0.1, 0.15) is 5.02 Å². The van der Waals surface area contributed by atoms with Crippen molar-refractivity contribution >= 4 is 23.2 Å². The minimum Gasteiger partial charge on any atom is -0.448 e. The Morgan fingerprint density at radius 2 is 2.09 bits per heavy atom. The molecule has 11 heavy (non-hydrogen) atoms. The average molecular weight is 189 g/mol. The summed E-state index contributed by atoms with van der Waals surface area (Å²) >= 11 is 11.8. The van der Waals surface area contributed by atoms with Crippen molar-refractivity contribution in [1.82, 2.24) is 0 Å². The Bertz CT molecular complexity index is 320. The van der Waals surface area contributed by atoms with E-state index in [-0.39, 0.29) is 0 Å². The molecule has 1 aromatic carbocycles. The van der Waals surface area contributed by atoms with Gasteiger partial charge in [-0.25, -0.2) is 0 Å². The average Bonchev–Trinajstić information content (AvgIpc) is 2.75. The number of hydrogen-bond acceptors (Lipinski definition) is 1. The number of rotatable bonds is 1. The van der Waals surface area contributed by atoms with Gasteiger partial charge in [-0.2, -0.15) is 0 Å². The lowest BCUT2D eigenvalue weighted by molar-refractivity contribution is 0.649. The van der Waals surface area contributed by atoms with Crippen molar-refractivity contribution in [2.24, 2.45) is 0 Å². The summed E-state index contributed by atoms with van der Waals surface area (Å²) in [6.45, 7) is 2.03. The number of benzene rings is 1. The lowest BCUT2D eigenvalue weighted by Gasteiger charge is -1.96. The highest BCUT2D eigenvalue weighted by Gasteiger charge is 2.27. The summed E-state index contributed by atoms with van der Waals surface area (Å²) in [5, 5.41) is 1.19. The van der Waals surface area contributed by atoms with Crippen LogP contribution in [0.4, 0.5) is 0 Å². The molecule has 0 atom stereocenters. The molecule has 0 aromatic heterocycles. The van der Waals surface area contributed by atoms with Crippen LogP contribution in [0.2, 0.25) is 10.0 Å². The van der Waals surface area contributed by atoms with Crippen LogP contribution in [0.3, 0.4) is 0 Å². The molecule has 0 N–H and O–H groups in total. The second-order valence-electron chi connectivity index (χ2n) is 2.45. The third-order valence-electron chi connectivity index (χ3n) is 1.75. The zero-order valence-corrected chi connectivity index (χ0v) is 7.46. The molecule has 3 heteroatoms. The molecule has 0 aliphatic carbocycles. The predicted molar refractivity (Wildman–Crippen MR) is 45.9 cm³/mol. The topological polar surface area (TPSA) is 12.5 Å². The molecule has 0 spiro atoms. The van der Waals surface area contributed by atoms with Gasteiger partial charge in [-0.15, -0.1) is 0 Å². The smallest absolute Gasteiger partial charge is 0.190 e. The Balaban J connectivity index is 2.61. The summed E-state index contributed by atoms with van der Waals surface area (Å²) in [4.78, 5) is 0. The minimum absolute atomic E-state index is 0.556. The van der Waals surface area contributed by atoms with Gasteiger partial charge in [-0.3, -0.25) is 0 Å². The molecule has 0 unspecified atom stereocenters. The van der Waals surface area contributed by atoms with Crippen LogP contribution in [0.5, 0.6) is 11.5 Å². The second-order valence-corrected chi connectivity index (χ2v) is 3.20. The standard InChI is InChI=1S/C8H6Cl2O/c1-2-4-3-5-8(11-5)7(10)6(4)9/h3H,2H2,1H3. The number of aryl methyl sites for hydroxylation is 1. The van der Waals surface area contributed by atoms with Gasteiger partial charge >= 0.3 is 0 Å². The van der Waals surface area contributed by atoms with Crippen molar-refractivity contribution < 1.29 is 4.74 Å². The molecule has 1 nitrogen and oxygen atoms in total. The monoisotopic (exact) mass is 188 g/mol. The zero-order chi connectivity index (χ0) is 8.01. The molecule has 0 bridgehead atoms. The molecule has 0 amide bonds. The summed E-state index contributed by atoms with van der Waals surface area (Å²) in [6, 6.07) is 1.93. The number of halogens is 2. The van der Waals surface area contributed by atoms with Crippen LogP contribution >= 0.6 is 23.2 Å². The summed E-state index contributed by atoms with van der Waals surface area (Å²) in [6.07, 6.45) is 0.884. The van der Waals surface area contributed by atoms with E-state index in [0.717, 1.165) is 23.5 Å². The molecule has 1 heterocycles. The highest BCUT2D eigenvalue weighted by molar-refractivity contribution is 6.44. The predicted octanol–water partition coefficient (Wildman–Crippen LogP) is 3.66. The zero-order valence-electron chi connectivity index (χ0n) is 5.95. The van der Waals surface area contributed by atoms with Gasteiger partial charge in [0.25, 0.3) is 0 Å². The van der Waals surface area contributed by atoms with Crippen molar-refractivity contribution in [3.8, 4) is 11.5 Å². The third kappa shape index (κ3) is 0.996. The second kappa shape index (κ2) is 2.29. The van der Waals surface area contributed by atoms with Crippen LogP contribution in [0.15, 0.2) is 6.07 Å². The van der Waals surface area contributed by atoms with E-state index in [2.05, 4.69) is 0 Å². The fraction of sp³-hybridized carbons (Fsp3) is 0.250. The largest absolute Gasteiger partial charge is 0.448 e. The van der Waals surface area contributed by atoms with Crippen molar-refractivity contribution in [1.29, 1.82) is 0 Å². The number of fused-ring (bicyclic) bond motifs is 1. The maximum Gasteiger partial charge on any atom is 0.190 e. The van der Waals surface area contributed by atoms with Gasteiger partial charge in [0.2, 0.25) is 0 Å². The molecule has 0 saturated carbocycles. The maximum absolute atomic E-state index is 5.92. The first-order valence-electron chi connectivity index (χ1n) is 3.42. The minimum atomic E-state index is 0.556. The van der Waals surface area contributed by atoms with E-state index in [0.29, 0.717) is 10.0 Å². The van der Waals surface area contributed by atoms with E-state index in [1.54, 1.807) is 0 Å². The molecule has 1 aliphatic heterocycles. The summed E-state index contributed by atoms with van der Waals surface area (Å²) < 4.78 is 5.08. The molecule has 1 aromatic rings. The first-order valence-corrected chi connectivity index (χ1v) is 4.18. The Hall–Kier alpha value is -0.400. The van der Waals surface area contributed by atoms with Gasteiger partial charge in [-0.1, -0.05) is 30.1 Å². The third-order valence-corrected chi connectivity index (χ3v) is 2.64. The summed E-state index contributed by atoms with van der Waals surface area (Å²) in [5.41, 5.74) is 1.05. The van der Waals surface area contributed by atoms with Gasteiger partial charge < -0.3 is 4.74 Å². The molecule has 0 fully saturated rings. The summed E-state index contributed by atoms with van der Waals surface area (Å²) in [5.74, 6) is 1.62. The van der Waals surface area contributed by atoms with Crippen LogP contribution < -0.4 is 4.74 Å². The lowest BCUT2D eigenvalue weighted by Crippen LogP contribution is -1.78. The highest BCUT2D eigenvalue weighted by Crippen LogP contribution is 2.54. The Labute approximate surface area is 74.9 Å². The van der Waals surface area contributed by atoms with Gasteiger partial charge in [0, 0.05) is 0 Å². The van der Waals surface area contributed by atoms with Crippen molar-refractivity contribution in [3.63, 3.8) is 0 Å². The molecule has 58 valence electrons. The molecule has 0 saturated heterocycles. The number of ether oxygens (including phenoxy) is 1. The van der Waals surface area contributed by atoms with Gasteiger partial charge in [0.15, 0.2) is 11.5 Å². The van der Waals surface area contributed by atoms with Crippen LogP contribution in [-0.4, -0.2) is 0 Å². The lowest BCUT2D eigenvalue weighted by atomic mass is 10.2. The van der Waals surface area contributed by atoms with Gasteiger partial charge in [0.05, 0.1) is 5.02 Å². The first kappa shape index (κ1) is 7.26. The molecule has 0 radical (unpaired) electrons. The molecule has 2 rings (SSSR count). The maximum atomic E-state index is 5.92. The van der Waals surface area contributed by atoms with E-state index < -0.39 is 0 Å². The van der Waals surface area contributed by atoms with Crippen LogP contribution in [-0.2, 0) is 6.42 Å². The van der Waals surface area contributed by atoms with Gasteiger partial charge in [-0.05, 0) is 18.1 Å². The van der Waals surface area contributed by atoms with Crippen molar-refractivity contribution in [2.45, 2.75) is 13.3 Å². The molecule has 1 aliphatic rings. The fourth-order valence-electron chi connectivity index (χ4n) is 1.05. The molecular formula is C8H6Cl2O. The number of hydrogen-bond donors (Lipinski definition) is 0. The van der Waals surface area contributed by atoms with E-state index in [4.69, 9.17) is 27.9 Å². The quantitative estimate of drug-likeness (QED) is 0.623. The highest BCUT2D eigenvalue weighted by atomic mass is 35.5. The van der Waals surface area contributed by atoms with Crippen LogP contribution in [0.25, 0.3) is 0 Å². The van der Waals surface area contributed by atoms with Crippen LogP contribution in [0, 0.1) is 0 Å². The SMILES string of the molecule is CCc1cc2c(c(Cl)c1Cl)O2. The van der Waals surface area contributed by atoms with E-state index in [1.165, 1.54) is 0 Å². The first-order chi connectivity index (χ1) is 5.24. The fourth-order valence-corrected chi connectivity index (χ4v) is 1.58. The van der Waals surface area contributed by atoms with Crippen LogP contribution in [0.1, 0.15) is 12.5 Å². The normalized spacial score (nSPS) is 12.3. The van der Waals surface area contributed by atoms with E-state index in [1.807, 2.05) is 13.0 Å². The molecular weight excluding hydrogens is 183 g/mol. The van der Waals surface area contributed by atoms with Crippen molar-refractivity contribution in [2.75, 3.05) is 0 Å². The van der Waals surface area contributed by atoms with Crippen molar-refractivity contribution in [3.05, 3.63) is 21.7 Å². The summed E-state index contributed by atoms with van der Waals surface area (Å²) in [7, 11) is 0.